The van der Waals surface area contributed by atoms with Gasteiger partial charge in [0.15, 0.2) is 0 Å². The summed E-state index contributed by atoms with van der Waals surface area (Å²) >= 11 is 3.30. The Kier molecular flexibility index (Phi) is 4.26. The number of thiophene rings is 1. The Bertz CT molecular complexity index is 758. The molecule has 0 aliphatic carbocycles. The summed E-state index contributed by atoms with van der Waals surface area (Å²) < 4.78 is 10.7. The molecule has 4 nitrogen and oxygen atoms in total. The molecule has 0 saturated carbocycles. The Morgan fingerprint density at radius 3 is 2.86 bits per heavy atom. The van der Waals surface area contributed by atoms with E-state index in [1.807, 2.05) is 23.6 Å². The van der Waals surface area contributed by atoms with Crippen molar-refractivity contribution in [3.8, 4) is 11.5 Å². The molecule has 0 amide bonds. The molecule has 0 fully saturated rings. The van der Waals surface area contributed by atoms with E-state index in [2.05, 4.69) is 16.0 Å². The molecule has 0 saturated heterocycles. The molecule has 21 heavy (non-hydrogen) atoms. The summed E-state index contributed by atoms with van der Waals surface area (Å²) in [7, 11) is 3.34. The van der Waals surface area contributed by atoms with Gasteiger partial charge in [-0.25, -0.2) is 9.97 Å². The molecule has 0 aliphatic heterocycles. The first-order chi connectivity index (χ1) is 10.3. The van der Waals surface area contributed by atoms with Crippen molar-refractivity contribution in [2.75, 3.05) is 14.2 Å². The number of thioether (sulfide) groups is 1. The van der Waals surface area contributed by atoms with Crippen molar-refractivity contribution in [1.82, 2.24) is 9.97 Å². The monoisotopic (exact) mass is 318 g/mol. The number of ether oxygens (including phenoxy) is 2. The summed E-state index contributed by atoms with van der Waals surface area (Å²) in [4.78, 5) is 9.66. The summed E-state index contributed by atoms with van der Waals surface area (Å²) in [6.45, 7) is 0. The fourth-order valence-corrected chi connectivity index (χ4v) is 3.78. The Morgan fingerprint density at radius 2 is 2.05 bits per heavy atom. The highest BCUT2D eigenvalue weighted by Crippen LogP contribution is 2.33. The third-order valence-electron chi connectivity index (χ3n) is 3.08. The zero-order valence-electron chi connectivity index (χ0n) is 11.7. The van der Waals surface area contributed by atoms with Crippen molar-refractivity contribution in [3.05, 3.63) is 41.5 Å². The second-order valence-electron chi connectivity index (χ2n) is 4.28. The minimum Gasteiger partial charge on any atom is -0.497 e. The summed E-state index contributed by atoms with van der Waals surface area (Å²) in [6, 6.07) is 7.88. The Balaban J connectivity index is 1.86. The molecule has 2 aromatic heterocycles. The van der Waals surface area contributed by atoms with Crippen LogP contribution in [0.15, 0.2) is 41.0 Å². The molecule has 3 aromatic rings. The van der Waals surface area contributed by atoms with Gasteiger partial charge < -0.3 is 9.47 Å². The van der Waals surface area contributed by atoms with E-state index in [0.29, 0.717) is 0 Å². The molecule has 0 spiro atoms. The van der Waals surface area contributed by atoms with E-state index in [1.165, 1.54) is 0 Å². The molecule has 3 rings (SSSR count). The number of methoxy groups -OCH3 is 2. The third-order valence-corrected chi connectivity index (χ3v) is 4.95. The molecule has 1 aromatic carbocycles. The van der Waals surface area contributed by atoms with Crippen LogP contribution < -0.4 is 9.47 Å². The van der Waals surface area contributed by atoms with Crippen LogP contribution in [0.2, 0.25) is 0 Å². The van der Waals surface area contributed by atoms with E-state index in [9.17, 15) is 0 Å². The fraction of sp³-hybridized carbons (Fsp3) is 0.200. The largest absolute Gasteiger partial charge is 0.497 e. The third kappa shape index (κ3) is 2.96. The molecule has 0 aliphatic rings. The summed E-state index contributed by atoms with van der Waals surface area (Å²) in [6.07, 6.45) is 1.62. The number of hydrogen-bond donors (Lipinski definition) is 0. The van der Waals surface area contributed by atoms with E-state index >= 15 is 0 Å². The molecular weight excluding hydrogens is 304 g/mol. The Morgan fingerprint density at radius 1 is 1.14 bits per heavy atom. The van der Waals surface area contributed by atoms with Crippen LogP contribution in [-0.4, -0.2) is 24.2 Å². The lowest BCUT2D eigenvalue weighted by Crippen LogP contribution is -1.93. The van der Waals surface area contributed by atoms with Crippen molar-refractivity contribution in [2.45, 2.75) is 10.8 Å². The van der Waals surface area contributed by atoms with Crippen LogP contribution in [0.5, 0.6) is 11.5 Å². The first-order valence-corrected chi connectivity index (χ1v) is 8.20. The summed E-state index contributed by atoms with van der Waals surface area (Å²) in [5.41, 5.74) is 1.09. The van der Waals surface area contributed by atoms with Gasteiger partial charge in [0, 0.05) is 16.7 Å². The van der Waals surface area contributed by atoms with Crippen molar-refractivity contribution >= 4 is 33.3 Å². The maximum absolute atomic E-state index is 5.41. The number of hydrogen-bond acceptors (Lipinski definition) is 6. The smallest absolute Gasteiger partial charge is 0.127 e. The van der Waals surface area contributed by atoms with Gasteiger partial charge in [0.25, 0.3) is 0 Å². The highest BCUT2D eigenvalue weighted by atomic mass is 32.2. The van der Waals surface area contributed by atoms with Crippen LogP contribution in [0.4, 0.5) is 0 Å². The van der Waals surface area contributed by atoms with E-state index < -0.39 is 0 Å². The average molecular weight is 318 g/mol. The first kappa shape index (κ1) is 14.2. The first-order valence-electron chi connectivity index (χ1n) is 6.33. The fourth-order valence-electron chi connectivity index (χ4n) is 2.02. The molecule has 0 N–H and O–H groups in total. The van der Waals surface area contributed by atoms with Gasteiger partial charge in [-0.05, 0) is 29.6 Å². The Labute approximate surface area is 131 Å². The highest BCUT2D eigenvalue weighted by molar-refractivity contribution is 7.98. The SMILES string of the molecule is COc1ccc(OC)c(CSc2ncnc3sccc23)c1. The van der Waals surface area contributed by atoms with Crippen LogP contribution in [0.1, 0.15) is 5.56 Å². The van der Waals surface area contributed by atoms with Gasteiger partial charge in [-0.3, -0.25) is 0 Å². The molecule has 0 bridgehead atoms. The van der Waals surface area contributed by atoms with E-state index in [0.717, 1.165) is 38.1 Å². The zero-order chi connectivity index (χ0) is 14.7. The zero-order valence-corrected chi connectivity index (χ0v) is 13.3. The molecule has 2 heterocycles. The van der Waals surface area contributed by atoms with E-state index in [4.69, 9.17) is 9.47 Å². The van der Waals surface area contributed by atoms with Crippen LogP contribution in [0.3, 0.4) is 0 Å². The highest BCUT2D eigenvalue weighted by Gasteiger charge is 2.09. The van der Waals surface area contributed by atoms with Gasteiger partial charge in [-0.2, -0.15) is 0 Å². The van der Waals surface area contributed by atoms with Gasteiger partial charge in [0.2, 0.25) is 0 Å². The van der Waals surface area contributed by atoms with Gasteiger partial charge in [0.1, 0.15) is 27.7 Å². The van der Waals surface area contributed by atoms with E-state index in [1.54, 1.807) is 43.6 Å². The minimum absolute atomic E-state index is 0.766. The normalized spacial score (nSPS) is 10.8. The number of aromatic nitrogens is 2. The summed E-state index contributed by atoms with van der Waals surface area (Å²) in [5, 5.41) is 4.13. The number of fused-ring (bicyclic) bond motifs is 1. The molecule has 108 valence electrons. The van der Waals surface area contributed by atoms with Crippen molar-refractivity contribution in [1.29, 1.82) is 0 Å². The lowest BCUT2D eigenvalue weighted by atomic mass is 10.2. The Hall–Kier alpha value is -1.79. The second kappa shape index (κ2) is 6.32. The molecule has 0 unspecified atom stereocenters. The molecule has 0 atom stereocenters. The maximum Gasteiger partial charge on any atom is 0.127 e. The maximum atomic E-state index is 5.41. The van der Waals surface area contributed by atoms with Crippen LogP contribution in [-0.2, 0) is 5.75 Å². The number of benzene rings is 1. The van der Waals surface area contributed by atoms with Gasteiger partial charge in [-0.15, -0.1) is 23.1 Å². The lowest BCUT2D eigenvalue weighted by Gasteiger charge is -2.10. The van der Waals surface area contributed by atoms with Crippen LogP contribution in [0, 0.1) is 0 Å². The van der Waals surface area contributed by atoms with Crippen molar-refractivity contribution < 1.29 is 9.47 Å². The average Bonchev–Trinajstić information content (AvgIpc) is 3.01. The lowest BCUT2D eigenvalue weighted by molar-refractivity contribution is 0.400. The summed E-state index contributed by atoms with van der Waals surface area (Å²) in [5.74, 6) is 2.45. The minimum atomic E-state index is 0.766. The molecule has 6 heteroatoms. The topological polar surface area (TPSA) is 44.2 Å². The van der Waals surface area contributed by atoms with Crippen molar-refractivity contribution in [2.24, 2.45) is 0 Å². The van der Waals surface area contributed by atoms with Crippen LogP contribution >= 0.6 is 23.1 Å². The van der Waals surface area contributed by atoms with Gasteiger partial charge in [0.05, 0.1) is 14.2 Å². The van der Waals surface area contributed by atoms with Gasteiger partial charge >= 0.3 is 0 Å². The quantitative estimate of drug-likeness (QED) is 0.525. The van der Waals surface area contributed by atoms with Crippen LogP contribution in [0.25, 0.3) is 10.2 Å². The molecule has 0 radical (unpaired) electrons. The standard InChI is InChI=1S/C15H14N2O2S2/c1-18-11-3-4-13(19-2)10(7-11)8-21-15-12-5-6-20-14(12)16-9-17-15/h3-7,9H,8H2,1-2H3. The molecular formula is C15H14N2O2S2. The van der Waals surface area contributed by atoms with Crippen molar-refractivity contribution in [3.63, 3.8) is 0 Å². The predicted molar refractivity (Wildman–Crippen MR) is 86.5 cm³/mol. The van der Waals surface area contributed by atoms with Gasteiger partial charge in [-0.1, -0.05) is 0 Å². The predicted octanol–water partition coefficient (Wildman–Crippen LogP) is 4.00. The number of nitrogens with zero attached hydrogens (tertiary/aromatic N) is 2. The second-order valence-corrected chi connectivity index (χ2v) is 6.14. The van der Waals surface area contributed by atoms with E-state index in [-0.39, 0.29) is 0 Å². The number of rotatable bonds is 5.